The van der Waals surface area contributed by atoms with E-state index in [1.165, 1.54) is 22.9 Å². The summed E-state index contributed by atoms with van der Waals surface area (Å²) in [6, 6.07) is 5.88. The Morgan fingerprint density at radius 1 is 1.24 bits per heavy atom. The largest absolute Gasteiger partial charge is 0.331 e. The second-order valence-electron chi connectivity index (χ2n) is 4.61. The molecular formula is C14H15BrFN3O2. The fraction of sp³-hybridized carbons (Fsp3) is 0.286. The van der Waals surface area contributed by atoms with E-state index in [1.807, 2.05) is 0 Å². The van der Waals surface area contributed by atoms with Crippen molar-refractivity contribution >= 4 is 15.9 Å². The van der Waals surface area contributed by atoms with Crippen LogP contribution in [0.2, 0.25) is 0 Å². The van der Waals surface area contributed by atoms with Crippen LogP contribution in [-0.2, 0) is 13.1 Å². The summed E-state index contributed by atoms with van der Waals surface area (Å²) < 4.78 is 16.1. The summed E-state index contributed by atoms with van der Waals surface area (Å²) in [5.41, 5.74) is 5.43. The van der Waals surface area contributed by atoms with E-state index in [1.54, 1.807) is 12.1 Å². The third-order valence-electron chi connectivity index (χ3n) is 3.06. The molecule has 0 saturated carbocycles. The molecule has 21 heavy (non-hydrogen) atoms. The molecule has 0 unspecified atom stereocenters. The summed E-state index contributed by atoms with van der Waals surface area (Å²) in [6.45, 7) is 0.967. The number of hydrogen-bond donors (Lipinski definition) is 1. The Bertz CT molecular complexity index is 755. The van der Waals surface area contributed by atoms with E-state index in [-0.39, 0.29) is 17.9 Å². The van der Waals surface area contributed by atoms with Crippen LogP contribution in [0.3, 0.4) is 0 Å². The molecule has 0 spiro atoms. The van der Waals surface area contributed by atoms with Crippen LogP contribution in [0.15, 0.2) is 44.5 Å². The third-order valence-corrected chi connectivity index (χ3v) is 3.67. The van der Waals surface area contributed by atoms with Crippen LogP contribution in [0.4, 0.5) is 4.39 Å². The van der Waals surface area contributed by atoms with Crippen LogP contribution in [0.1, 0.15) is 12.0 Å². The van der Waals surface area contributed by atoms with Crippen LogP contribution in [0.5, 0.6) is 0 Å². The molecule has 0 amide bonds. The van der Waals surface area contributed by atoms with Crippen molar-refractivity contribution in [3.8, 4) is 0 Å². The van der Waals surface area contributed by atoms with Crippen molar-refractivity contribution in [1.82, 2.24) is 9.13 Å². The molecule has 2 aromatic rings. The highest BCUT2D eigenvalue weighted by molar-refractivity contribution is 9.10. The summed E-state index contributed by atoms with van der Waals surface area (Å²) in [5.74, 6) is -0.362. The minimum absolute atomic E-state index is 0.265. The van der Waals surface area contributed by atoms with Crippen LogP contribution >= 0.6 is 15.9 Å². The lowest BCUT2D eigenvalue weighted by Gasteiger charge is -2.10. The summed E-state index contributed by atoms with van der Waals surface area (Å²) >= 11 is 3.11. The van der Waals surface area contributed by atoms with Gasteiger partial charge < -0.3 is 5.73 Å². The van der Waals surface area contributed by atoms with Gasteiger partial charge in [0.1, 0.15) is 5.82 Å². The maximum atomic E-state index is 13.2. The smallest absolute Gasteiger partial charge is 0.330 e. The zero-order valence-corrected chi connectivity index (χ0v) is 12.8. The maximum Gasteiger partial charge on any atom is 0.331 e. The lowest BCUT2D eigenvalue weighted by Crippen LogP contribution is -2.39. The Balaban J connectivity index is 2.34. The monoisotopic (exact) mass is 355 g/mol. The molecule has 0 atom stereocenters. The Morgan fingerprint density at radius 3 is 2.67 bits per heavy atom. The average Bonchev–Trinajstić information content (AvgIpc) is 2.46. The van der Waals surface area contributed by atoms with Gasteiger partial charge in [-0.05, 0) is 46.6 Å². The summed E-state index contributed by atoms with van der Waals surface area (Å²) in [5, 5.41) is 0. The van der Waals surface area contributed by atoms with E-state index in [9.17, 15) is 14.0 Å². The summed E-state index contributed by atoms with van der Waals surface area (Å²) in [6.07, 6.45) is 2.00. The van der Waals surface area contributed by atoms with Gasteiger partial charge in [0, 0.05) is 18.8 Å². The van der Waals surface area contributed by atoms with Gasteiger partial charge in [-0.25, -0.2) is 9.18 Å². The minimum Gasteiger partial charge on any atom is -0.330 e. The van der Waals surface area contributed by atoms with Crippen LogP contribution in [0.25, 0.3) is 0 Å². The molecule has 0 aliphatic carbocycles. The second kappa shape index (κ2) is 6.82. The van der Waals surface area contributed by atoms with Crippen LogP contribution < -0.4 is 17.0 Å². The van der Waals surface area contributed by atoms with E-state index in [0.29, 0.717) is 24.0 Å². The Morgan fingerprint density at radius 2 is 2.00 bits per heavy atom. The third kappa shape index (κ3) is 3.68. The van der Waals surface area contributed by atoms with Crippen molar-refractivity contribution < 1.29 is 4.39 Å². The molecule has 0 radical (unpaired) electrons. The second-order valence-corrected chi connectivity index (χ2v) is 5.46. The van der Waals surface area contributed by atoms with Crippen molar-refractivity contribution in [1.29, 1.82) is 0 Å². The van der Waals surface area contributed by atoms with Gasteiger partial charge in [0.2, 0.25) is 0 Å². The molecule has 0 bridgehead atoms. The Hall–Kier alpha value is -1.73. The molecule has 0 fully saturated rings. The van der Waals surface area contributed by atoms with Gasteiger partial charge in [0.05, 0.1) is 11.0 Å². The quantitative estimate of drug-likeness (QED) is 0.878. The fourth-order valence-corrected chi connectivity index (χ4v) is 2.39. The van der Waals surface area contributed by atoms with Crippen molar-refractivity contribution in [2.45, 2.75) is 19.5 Å². The molecule has 7 heteroatoms. The highest BCUT2D eigenvalue weighted by Gasteiger charge is 2.07. The predicted octanol–water partition coefficient (Wildman–Crippen LogP) is 1.31. The first kappa shape index (κ1) is 15.7. The predicted molar refractivity (Wildman–Crippen MR) is 81.8 cm³/mol. The Kier molecular flexibility index (Phi) is 5.08. The van der Waals surface area contributed by atoms with Crippen molar-refractivity contribution in [2.24, 2.45) is 5.73 Å². The van der Waals surface area contributed by atoms with Gasteiger partial charge in [-0.1, -0.05) is 6.07 Å². The number of halogens is 2. The highest BCUT2D eigenvalue weighted by atomic mass is 79.9. The SMILES string of the molecule is NCCCn1c(=O)ccn(Cc2ccc(F)c(Br)c2)c1=O. The normalized spacial score (nSPS) is 10.8. The van der Waals surface area contributed by atoms with Gasteiger partial charge >= 0.3 is 5.69 Å². The average molecular weight is 356 g/mol. The highest BCUT2D eigenvalue weighted by Crippen LogP contribution is 2.17. The topological polar surface area (TPSA) is 70.0 Å². The van der Waals surface area contributed by atoms with Crippen molar-refractivity contribution in [2.75, 3.05) is 6.54 Å². The van der Waals surface area contributed by atoms with E-state index in [0.717, 1.165) is 10.1 Å². The zero-order valence-electron chi connectivity index (χ0n) is 11.3. The van der Waals surface area contributed by atoms with Crippen LogP contribution in [-0.4, -0.2) is 15.7 Å². The minimum atomic E-state index is -0.392. The van der Waals surface area contributed by atoms with E-state index in [2.05, 4.69) is 15.9 Å². The van der Waals surface area contributed by atoms with Gasteiger partial charge in [-0.2, -0.15) is 0 Å². The molecular weight excluding hydrogens is 341 g/mol. The molecule has 0 aliphatic heterocycles. The number of nitrogens with two attached hydrogens (primary N) is 1. The van der Waals surface area contributed by atoms with E-state index < -0.39 is 5.69 Å². The number of benzene rings is 1. The first-order chi connectivity index (χ1) is 10.0. The molecule has 0 saturated heterocycles. The molecule has 5 nitrogen and oxygen atoms in total. The summed E-state index contributed by atoms with van der Waals surface area (Å²) in [4.78, 5) is 24.0. The first-order valence-corrected chi connectivity index (χ1v) is 7.26. The van der Waals surface area contributed by atoms with Crippen molar-refractivity contribution in [3.05, 3.63) is 67.2 Å². The standard InChI is InChI=1S/C14H15BrFN3O2/c15-11-8-10(2-3-12(11)16)9-18-7-4-13(20)19(14(18)21)6-1-5-17/h2-4,7-8H,1,5-6,9,17H2. The van der Waals surface area contributed by atoms with Crippen LogP contribution in [0, 0.1) is 5.82 Å². The van der Waals surface area contributed by atoms with Gasteiger partial charge in [-0.3, -0.25) is 13.9 Å². The fourth-order valence-electron chi connectivity index (χ4n) is 1.97. The number of hydrogen-bond acceptors (Lipinski definition) is 3. The van der Waals surface area contributed by atoms with E-state index >= 15 is 0 Å². The zero-order chi connectivity index (χ0) is 15.4. The van der Waals surface area contributed by atoms with Gasteiger partial charge in [0.15, 0.2) is 0 Å². The summed E-state index contributed by atoms with van der Waals surface area (Å²) in [7, 11) is 0. The van der Waals surface area contributed by atoms with Gasteiger partial charge in [-0.15, -0.1) is 0 Å². The lowest BCUT2D eigenvalue weighted by molar-refractivity contribution is 0.554. The lowest BCUT2D eigenvalue weighted by atomic mass is 10.2. The maximum absolute atomic E-state index is 13.2. The number of rotatable bonds is 5. The Labute approximate surface area is 129 Å². The number of aromatic nitrogens is 2. The molecule has 1 aromatic heterocycles. The molecule has 112 valence electrons. The van der Waals surface area contributed by atoms with Gasteiger partial charge in [0.25, 0.3) is 5.56 Å². The van der Waals surface area contributed by atoms with E-state index in [4.69, 9.17) is 5.73 Å². The molecule has 2 rings (SSSR count). The first-order valence-electron chi connectivity index (χ1n) is 6.47. The molecule has 0 aliphatic rings. The molecule has 2 N–H and O–H groups in total. The molecule has 1 aromatic carbocycles. The van der Waals surface area contributed by atoms with Crippen molar-refractivity contribution in [3.63, 3.8) is 0 Å². The number of nitrogens with zero attached hydrogens (tertiary/aromatic N) is 2. The molecule has 1 heterocycles.